The van der Waals surface area contributed by atoms with E-state index in [0.29, 0.717) is 29.2 Å². The van der Waals surface area contributed by atoms with E-state index in [0.717, 1.165) is 22.9 Å². The van der Waals surface area contributed by atoms with Crippen LogP contribution in [0.25, 0.3) is 16.6 Å². The Balaban J connectivity index is 1.84. The molecule has 3 aromatic rings. The number of aromatic nitrogens is 2. The monoisotopic (exact) mass is 363 g/mol. The summed E-state index contributed by atoms with van der Waals surface area (Å²) in [7, 11) is 3.40. The van der Waals surface area contributed by atoms with Crippen LogP contribution in [0.3, 0.4) is 0 Å². The lowest BCUT2D eigenvalue weighted by molar-refractivity contribution is 0.0943. The van der Waals surface area contributed by atoms with E-state index in [2.05, 4.69) is 10.3 Å². The number of methoxy groups -OCH3 is 1. The summed E-state index contributed by atoms with van der Waals surface area (Å²) in [6.45, 7) is 0.393. The molecule has 0 radical (unpaired) electrons. The second-order valence-corrected chi connectivity index (χ2v) is 6.00. The first kappa shape index (κ1) is 18.2. The van der Waals surface area contributed by atoms with Crippen molar-refractivity contribution in [1.29, 1.82) is 5.41 Å². The maximum atomic E-state index is 12.6. The summed E-state index contributed by atoms with van der Waals surface area (Å²) in [6.07, 6.45) is 2.49. The minimum atomic E-state index is -0.193. The third-order valence-corrected chi connectivity index (χ3v) is 4.33. The molecule has 1 aromatic carbocycles. The van der Waals surface area contributed by atoms with E-state index < -0.39 is 0 Å². The van der Waals surface area contributed by atoms with Crippen LogP contribution < -0.4 is 15.8 Å². The van der Waals surface area contributed by atoms with E-state index in [1.54, 1.807) is 30.9 Å². The van der Waals surface area contributed by atoms with Crippen LogP contribution in [0.15, 0.2) is 48.7 Å². The molecule has 0 atom stereocenters. The number of carbonyl (C=O) groups excluding carboxylic acids is 1. The van der Waals surface area contributed by atoms with Gasteiger partial charge in [0.2, 0.25) is 0 Å². The van der Waals surface area contributed by atoms with Gasteiger partial charge in [-0.25, -0.2) is 4.98 Å². The van der Waals surface area contributed by atoms with Crippen molar-refractivity contribution < 1.29 is 9.53 Å². The Hall–Kier alpha value is -3.61. The van der Waals surface area contributed by atoms with Crippen LogP contribution in [0.2, 0.25) is 0 Å². The number of aryl methyl sites for hydroxylation is 1. The fourth-order valence-corrected chi connectivity index (χ4v) is 2.84. The molecule has 138 valence electrons. The van der Waals surface area contributed by atoms with Crippen molar-refractivity contribution in [1.82, 2.24) is 14.9 Å². The number of nitrogens with two attached hydrogens (primary N) is 1. The van der Waals surface area contributed by atoms with Crippen LogP contribution in [0.5, 0.6) is 5.75 Å². The first-order valence-electron chi connectivity index (χ1n) is 8.37. The van der Waals surface area contributed by atoms with Crippen molar-refractivity contribution in [2.75, 3.05) is 7.11 Å². The number of nitrogens with one attached hydrogen (secondary N) is 2. The average molecular weight is 363 g/mol. The molecule has 0 fully saturated rings. The molecule has 1 amide bonds. The first-order valence-corrected chi connectivity index (χ1v) is 8.37. The molecule has 2 heterocycles. The molecule has 2 aromatic heterocycles. The molecular formula is C20H21N5O2. The topological polar surface area (TPSA) is 106 Å². The molecule has 0 saturated heterocycles. The number of amides is 1. The number of hydrogen-bond donors (Lipinski definition) is 3. The van der Waals surface area contributed by atoms with Gasteiger partial charge in [-0.05, 0) is 35.9 Å². The quantitative estimate of drug-likeness (QED) is 0.585. The molecule has 0 unspecified atom stereocenters. The van der Waals surface area contributed by atoms with Gasteiger partial charge >= 0.3 is 0 Å². The van der Waals surface area contributed by atoms with Crippen LogP contribution in [0, 0.1) is 5.41 Å². The van der Waals surface area contributed by atoms with Gasteiger partial charge in [0, 0.05) is 37.0 Å². The second kappa shape index (κ2) is 7.74. The number of nitrogens with zero attached hydrogens (tertiary/aromatic N) is 2. The lowest BCUT2D eigenvalue weighted by Crippen LogP contribution is -2.24. The van der Waals surface area contributed by atoms with Crippen LogP contribution in [-0.4, -0.2) is 28.8 Å². The van der Waals surface area contributed by atoms with Crippen molar-refractivity contribution in [3.05, 3.63) is 65.6 Å². The Labute approximate surface area is 157 Å². The Bertz CT molecular complexity index is 1040. The van der Waals surface area contributed by atoms with Gasteiger partial charge in [-0.15, -0.1) is 0 Å². The Morgan fingerprint density at radius 2 is 2.15 bits per heavy atom. The third-order valence-electron chi connectivity index (χ3n) is 4.33. The van der Waals surface area contributed by atoms with Gasteiger partial charge in [0.05, 0.1) is 12.8 Å². The number of ether oxygens (including phenoxy) is 1. The Morgan fingerprint density at radius 1 is 1.33 bits per heavy atom. The number of rotatable bonds is 6. The summed E-state index contributed by atoms with van der Waals surface area (Å²) >= 11 is 0. The maximum absolute atomic E-state index is 12.6. The largest absolute Gasteiger partial charge is 0.497 e. The molecule has 27 heavy (non-hydrogen) atoms. The summed E-state index contributed by atoms with van der Waals surface area (Å²) in [5.41, 5.74) is 8.74. The molecule has 7 nitrogen and oxygen atoms in total. The average Bonchev–Trinajstić information content (AvgIpc) is 3.03. The number of fused-ring (bicyclic) bond motifs is 1. The normalized spacial score (nSPS) is 11.4. The molecule has 0 aliphatic rings. The highest BCUT2D eigenvalue weighted by molar-refractivity contribution is 6.08. The lowest BCUT2D eigenvalue weighted by atomic mass is 10.2. The molecule has 7 heteroatoms. The highest BCUT2D eigenvalue weighted by Crippen LogP contribution is 2.20. The minimum absolute atomic E-state index is 0.193. The summed E-state index contributed by atoms with van der Waals surface area (Å²) in [5.74, 6) is 0.555. The van der Waals surface area contributed by atoms with Gasteiger partial charge in [0.25, 0.3) is 5.91 Å². The highest BCUT2D eigenvalue weighted by atomic mass is 16.5. The number of allylic oxidation sites excluding steroid dienone is 1. The number of hydrogen-bond acceptors (Lipinski definition) is 5. The molecule has 0 aliphatic carbocycles. The van der Waals surface area contributed by atoms with E-state index in [9.17, 15) is 4.79 Å². The fourth-order valence-electron chi connectivity index (χ4n) is 2.84. The molecule has 0 saturated carbocycles. The minimum Gasteiger partial charge on any atom is -0.497 e. The molecule has 4 N–H and O–H groups in total. The molecule has 0 spiro atoms. The van der Waals surface area contributed by atoms with Gasteiger partial charge in [-0.1, -0.05) is 12.1 Å². The number of benzene rings is 1. The molecule has 3 rings (SSSR count). The van der Waals surface area contributed by atoms with Gasteiger partial charge in [-0.3, -0.25) is 4.79 Å². The van der Waals surface area contributed by atoms with Crippen molar-refractivity contribution >= 4 is 28.7 Å². The summed E-state index contributed by atoms with van der Waals surface area (Å²) in [6, 6.07) is 13.0. The van der Waals surface area contributed by atoms with Crippen molar-refractivity contribution in [3.63, 3.8) is 0 Å². The van der Waals surface area contributed by atoms with E-state index in [1.807, 2.05) is 30.3 Å². The van der Waals surface area contributed by atoms with E-state index in [4.69, 9.17) is 15.9 Å². The predicted molar refractivity (Wildman–Crippen MR) is 106 cm³/mol. The van der Waals surface area contributed by atoms with Crippen molar-refractivity contribution in [2.24, 2.45) is 12.8 Å². The summed E-state index contributed by atoms with van der Waals surface area (Å²) < 4.78 is 6.93. The van der Waals surface area contributed by atoms with Gasteiger partial charge < -0.3 is 25.8 Å². The third kappa shape index (κ3) is 3.67. The standard InChI is InChI=1S/C20H21N5O2/c1-25-18(20(26)23-12-13-4-3-5-16(8-13)27-2)9-14-6-7-17(24-19(14)25)15(10-21)11-22/h3-11,21H,12,22H2,1-2H3,(H,23,26)/b15-11+,21-10?. The first-order chi connectivity index (χ1) is 13.1. The second-order valence-electron chi connectivity index (χ2n) is 6.00. The Kier molecular flexibility index (Phi) is 5.21. The maximum Gasteiger partial charge on any atom is 0.268 e. The highest BCUT2D eigenvalue weighted by Gasteiger charge is 2.15. The summed E-state index contributed by atoms with van der Waals surface area (Å²) in [5, 5.41) is 11.2. The lowest BCUT2D eigenvalue weighted by Gasteiger charge is -2.08. The SMILES string of the molecule is COc1cccc(CNC(=O)c2cc3ccc(/C(C=N)=C/N)nc3n2C)c1. The van der Waals surface area contributed by atoms with Crippen LogP contribution in [0.4, 0.5) is 0 Å². The molecular weight excluding hydrogens is 342 g/mol. The number of carbonyl (C=O) groups is 1. The molecule has 0 bridgehead atoms. The van der Waals surface area contributed by atoms with E-state index in [1.165, 1.54) is 6.20 Å². The fraction of sp³-hybridized carbons (Fsp3) is 0.150. The smallest absolute Gasteiger partial charge is 0.268 e. The molecule has 0 aliphatic heterocycles. The van der Waals surface area contributed by atoms with Crippen LogP contribution >= 0.6 is 0 Å². The zero-order valence-corrected chi connectivity index (χ0v) is 15.2. The zero-order chi connectivity index (χ0) is 19.4. The van der Waals surface area contributed by atoms with Gasteiger partial charge in [0.15, 0.2) is 0 Å². The number of pyridine rings is 1. The van der Waals surface area contributed by atoms with E-state index in [-0.39, 0.29) is 5.91 Å². The zero-order valence-electron chi connectivity index (χ0n) is 15.2. The Morgan fingerprint density at radius 3 is 2.85 bits per heavy atom. The van der Waals surface area contributed by atoms with Crippen molar-refractivity contribution in [2.45, 2.75) is 6.54 Å². The van der Waals surface area contributed by atoms with Crippen LogP contribution in [0.1, 0.15) is 21.7 Å². The van der Waals surface area contributed by atoms with Gasteiger partial charge in [-0.2, -0.15) is 0 Å². The van der Waals surface area contributed by atoms with Crippen molar-refractivity contribution in [3.8, 4) is 5.75 Å². The van der Waals surface area contributed by atoms with Gasteiger partial charge in [0.1, 0.15) is 17.1 Å². The summed E-state index contributed by atoms with van der Waals surface area (Å²) in [4.78, 5) is 17.2. The van der Waals surface area contributed by atoms with Crippen LogP contribution in [-0.2, 0) is 13.6 Å². The van der Waals surface area contributed by atoms with E-state index >= 15 is 0 Å². The predicted octanol–water partition coefficient (Wildman–Crippen LogP) is 2.46.